The van der Waals surface area contributed by atoms with Crippen LogP contribution in [0.1, 0.15) is 18.2 Å². The molecule has 0 amide bonds. The van der Waals surface area contributed by atoms with E-state index in [1.54, 1.807) is 7.11 Å². The topological polar surface area (TPSA) is 27.1 Å². The highest BCUT2D eigenvalue weighted by Gasteiger charge is 2.15. The molecule has 0 aliphatic carbocycles. The number of pyridine rings is 1. The second kappa shape index (κ2) is 6.41. The van der Waals surface area contributed by atoms with Crippen LogP contribution >= 0.6 is 12.4 Å². The number of rotatable bonds is 3. The zero-order valence-electron chi connectivity index (χ0n) is 13.4. The maximum atomic E-state index is 5.24. The van der Waals surface area contributed by atoms with Gasteiger partial charge in [0.2, 0.25) is 0 Å². The van der Waals surface area contributed by atoms with Crippen molar-refractivity contribution in [3.05, 3.63) is 47.8 Å². The Morgan fingerprint density at radius 1 is 1.09 bits per heavy atom. The lowest BCUT2D eigenvalue weighted by Crippen LogP contribution is -1.98. The minimum absolute atomic E-state index is 0. The highest BCUT2D eigenvalue weighted by Crippen LogP contribution is 2.32. The van der Waals surface area contributed by atoms with Gasteiger partial charge < -0.3 is 9.30 Å². The number of nitrogens with zero attached hydrogens (tertiary/aromatic N) is 2. The van der Waals surface area contributed by atoms with Crippen molar-refractivity contribution in [2.75, 3.05) is 7.11 Å². The predicted octanol–water partition coefficient (Wildman–Crippen LogP) is 4.77. The number of aromatic nitrogens is 2. The first-order valence-corrected chi connectivity index (χ1v) is 7.26. The van der Waals surface area contributed by atoms with Crippen LogP contribution in [0.5, 0.6) is 5.75 Å². The number of methoxy groups -OCH3 is 1. The fourth-order valence-corrected chi connectivity index (χ4v) is 2.95. The number of ether oxygens (including phenoxy) is 1. The molecule has 0 atom stereocenters. The van der Waals surface area contributed by atoms with Gasteiger partial charge in [-0.2, -0.15) is 0 Å². The first kappa shape index (κ1) is 16.4. The van der Waals surface area contributed by atoms with E-state index in [1.807, 2.05) is 18.3 Å². The minimum Gasteiger partial charge on any atom is -0.497 e. The molecular weight excluding hydrogens is 296 g/mol. The summed E-state index contributed by atoms with van der Waals surface area (Å²) in [6.07, 6.45) is 1.90. The molecule has 0 aliphatic heterocycles. The number of aryl methyl sites for hydroxylation is 2. The molecule has 4 heteroatoms. The second-order valence-electron chi connectivity index (χ2n) is 5.24. The standard InChI is InChI=1S/C18H20N2O.ClH/c1-5-20-13(3)12(2)16-10-11-19-17(18(16)20)14-6-8-15(21-4)9-7-14;/h6-11H,5H2,1-4H3;1H. The molecule has 0 spiro atoms. The first-order chi connectivity index (χ1) is 10.2. The van der Waals surface area contributed by atoms with Gasteiger partial charge >= 0.3 is 0 Å². The summed E-state index contributed by atoms with van der Waals surface area (Å²) in [6.45, 7) is 7.49. The maximum absolute atomic E-state index is 5.24. The van der Waals surface area contributed by atoms with Crippen molar-refractivity contribution >= 4 is 23.3 Å². The Morgan fingerprint density at radius 2 is 1.77 bits per heavy atom. The molecule has 0 saturated carbocycles. The van der Waals surface area contributed by atoms with Gasteiger partial charge in [-0.3, -0.25) is 4.98 Å². The summed E-state index contributed by atoms with van der Waals surface area (Å²) in [5.41, 5.74) is 6.03. The van der Waals surface area contributed by atoms with Gasteiger partial charge in [0, 0.05) is 29.4 Å². The van der Waals surface area contributed by atoms with E-state index in [-0.39, 0.29) is 12.4 Å². The van der Waals surface area contributed by atoms with E-state index >= 15 is 0 Å². The molecule has 2 heterocycles. The quantitative estimate of drug-likeness (QED) is 0.696. The normalized spacial score (nSPS) is 10.5. The zero-order valence-corrected chi connectivity index (χ0v) is 14.2. The number of halogens is 1. The maximum Gasteiger partial charge on any atom is 0.118 e. The highest BCUT2D eigenvalue weighted by atomic mass is 35.5. The van der Waals surface area contributed by atoms with Crippen molar-refractivity contribution in [3.8, 4) is 17.0 Å². The van der Waals surface area contributed by atoms with Gasteiger partial charge in [0.15, 0.2) is 0 Å². The van der Waals surface area contributed by atoms with Crippen LogP contribution in [0.2, 0.25) is 0 Å². The Hall–Kier alpha value is -2.00. The predicted molar refractivity (Wildman–Crippen MR) is 94.1 cm³/mol. The lowest BCUT2D eigenvalue weighted by atomic mass is 10.1. The van der Waals surface area contributed by atoms with E-state index in [9.17, 15) is 0 Å². The van der Waals surface area contributed by atoms with Crippen LogP contribution in [0.4, 0.5) is 0 Å². The fraction of sp³-hybridized carbons (Fsp3) is 0.278. The molecule has 0 unspecified atom stereocenters. The molecule has 0 bridgehead atoms. The van der Waals surface area contributed by atoms with E-state index < -0.39 is 0 Å². The van der Waals surface area contributed by atoms with Crippen molar-refractivity contribution in [3.63, 3.8) is 0 Å². The van der Waals surface area contributed by atoms with E-state index in [0.717, 1.165) is 23.6 Å². The van der Waals surface area contributed by atoms with Crippen LogP contribution in [-0.4, -0.2) is 16.7 Å². The summed E-state index contributed by atoms with van der Waals surface area (Å²) >= 11 is 0. The third-order valence-corrected chi connectivity index (χ3v) is 4.23. The molecule has 0 aliphatic rings. The van der Waals surface area contributed by atoms with Crippen molar-refractivity contribution in [1.29, 1.82) is 0 Å². The lowest BCUT2D eigenvalue weighted by molar-refractivity contribution is 0.415. The third kappa shape index (κ3) is 2.46. The average molecular weight is 317 g/mol. The molecule has 1 aromatic carbocycles. The van der Waals surface area contributed by atoms with Crippen LogP contribution in [0, 0.1) is 13.8 Å². The van der Waals surface area contributed by atoms with Crippen molar-refractivity contribution in [2.45, 2.75) is 27.3 Å². The molecule has 0 N–H and O–H groups in total. The molecule has 3 nitrogen and oxygen atoms in total. The number of fused-ring (bicyclic) bond motifs is 1. The average Bonchev–Trinajstić information content (AvgIpc) is 2.79. The molecule has 3 aromatic rings. The van der Waals surface area contributed by atoms with Crippen LogP contribution in [0.3, 0.4) is 0 Å². The lowest BCUT2D eigenvalue weighted by Gasteiger charge is -2.09. The molecular formula is C18H21ClN2O. The molecule has 2 aromatic heterocycles. The summed E-state index contributed by atoms with van der Waals surface area (Å²) in [5.74, 6) is 0.865. The van der Waals surface area contributed by atoms with Crippen LogP contribution in [-0.2, 0) is 6.54 Å². The van der Waals surface area contributed by atoms with Crippen LogP contribution in [0.15, 0.2) is 36.5 Å². The Balaban J connectivity index is 0.00000176. The summed E-state index contributed by atoms with van der Waals surface area (Å²) in [4.78, 5) is 4.63. The van der Waals surface area contributed by atoms with Gasteiger partial charge in [-0.1, -0.05) is 0 Å². The van der Waals surface area contributed by atoms with Gasteiger partial charge in [0.25, 0.3) is 0 Å². The number of hydrogen-bond acceptors (Lipinski definition) is 2. The molecule has 0 radical (unpaired) electrons. The number of hydrogen-bond donors (Lipinski definition) is 0. The van der Waals surface area contributed by atoms with E-state index in [0.29, 0.717) is 0 Å². The number of benzene rings is 1. The van der Waals surface area contributed by atoms with Gasteiger partial charge in [-0.05, 0) is 56.7 Å². The smallest absolute Gasteiger partial charge is 0.118 e. The van der Waals surface area contributed by atoms with Gasteiger partial charge in [0.05, 0.1) is 18.3 Å². The minimum atomic E-state index is 0. The molecule has 116 valence electrons. The van der Waals surface area contributed by atoms with E-state index in [2.05, 4.69) is 48.5 Å². The van der Waals surface area contributed by atoms with Crippen molar-refractivity contribution in [1.82, 2.24) is 9.55 Å². The summed E-state index contributed by atoms with van der Waals surface area (Å²) in [5, 5.41) is 1.29. The van der Waals surface area contributed by atoms with Gasteiger partial charge in [-0.25, -0.2) is 0 Å². The van der Waals surface area contributed by atoms with Gasteiger partial charge in [0.1, 0.15) is 5.75 Å². The fourth-order valence-electron chi connectivity index (χ4n) is 2.95. The Bertz CT molecular complexity index is 791. The zero-order chi connectivity index (χ0) is 15.0. The Kier molecular flexibility index (Phi) is 4.77. The van der Waals surface area contributed by atoms with E-state index in [4.69, 9.17) is 4.74 Å². The second-order valence-corrected chi connectivity index (χ2v) is 5.24. The van der Waals surface area contributed by atoms with Crippen molar-refractivity contribution < 1.29 is 4.74 Å². The molecule has 0 saturated heterocycles. The first-order valence-electron chi connectivity index (χ1n) is 7.26. The summed E-state index contributed by atoms with van der Waals surface area (Å²) < 4.78 is 7.58. The molecule has 22 heavy (non-hydrogen) atoms. The summed E-state index contributed by atoms with van der Waals surface area (Å²) in [6, 6.07) is 10.2. The van der Waals surface area contributed by atoms with Crippen LogP contribution < -0.4 is 4.74 Å². The SMILES string of the molecule is CCn1c(C)c(C)c2ccnc(-c3ccc(OC)cc3)c21.Cl. The van der Waals surface area contributed by atoms with Crippen LogP contribution in [0.25, 0.3) is 22.2 Å². The largest absolute Gasteiger partial charge is 0.497 e. The van der Waals surface area contributed by atoms with Gasteiger partial charge in [-0.15, -0.1) is 12.4 Å². The Morgan fingerprint density at radius 3 is 2.36 bits per heavy atom. The molecule has 0 fully saturated rings. The third-order valence-electron chi connectivity index (χ3n) is 4.23. The summed E-state index contributed by atoms with van der Waals surface area (Å²) in [7, 11) is 1.68. The Labute approximate surface area is 137 Å². The van der Waals surface area contributed by atoms with E-state index in [1.165, 1.54) is 22.2 Å². The highest BCUT2D eigenvalue weighted by molar-refractivity contribution is 5.95. The molecule has 3 rings (SSSR count). The van der Waals surface area contributed by atoms with Crippen molar-refractivity contribution in [2.24, 2.45) is 0 Å². The monoisotopic (exact) mass is 316 g/mol.